The molecule has 0 aromatic rings. The molecule has 21 nitrogen and oxygen atoms in total. The van der Waals surface area contributed by atoms with Crippen molar-refractivity contribution in [2.24, 2.45) is 11.8 Å². The maximum absolute atomic E-state index is 13.2. The number of ether oxygens (including phenoxy) is 2. The molecule has 0 fully saturated rings. The van der Waals surface area contributed by atoms with E-state index in [2.05, 4.69) is 55.9 Å². The first-order valence-corrected chi connectivity index (χ1v) is 42.3. The van der Waals surface area contributed by atoms with Gasteiger partial charge in [-0.15, -0.1) is 0 Å². The molecular formula is C75H144N4O17P2. The van der Waals surface area contributed by atoms with Crippen LogP contribution in [0.2, 0.25) is 0 Å². The van der Waals surface area contributed by atoms with Crippen molar-refractivity contribution in [1.29, 1.82) is 0 Å². The first-order chi connectivity index (χ1) is 47.3. The van der Waals surface area contributed by atoms with Gasteiger partial charge < -0.3 is 45.3 Å². The molecule has 0 bridgehead atoms. The van der Waals surface area contributed by atoms with E-state index in [0.29, 0.717) is 44.9 Å². The predicted molar refractivity (Wildman–Crippen MR) is 393 cm³/mol. The topological polar surface area (TPSA) is 298 Å². The van der Waals surface area contributed by atoms with Crippen LogP contribution in [-0.2, 0) is 65.5 Å². The minimum Gasteiger partial charge on any atom is -0.379 e. The Hall–Kier alpha value is -2.97. The number of phosphoric ester groups is 2. The number of phosphoric acid groups is 2. The zero-order valence-electron chi connectivity index (χ0n) is 62.7. The van der Waals surface area contributed by atoms with Crippen LogP contribution in [0.15, 0.2) is 0 Å². The second kappa shape index (κ2) is 67.2. The summed E-state index contributed by atoms with van der Waals surface area (Å²) in [5.74, 6) is -0.930. The van der Waals surface area contributed by atoms with E-state index in [0.717, 1.165) is 122 Å². The van der Waals surface area contributed by atoms with Gasteiger partial charge in [-0.05, 0) is 63.7 Å². The largest absolute Gasteiger partial charge is 0.472 e. The third-order valence-corrected chi connectivity index (χ3v) is 19.8. The smallest absolute Gasteiger partial charge is 0.379 e. The molecule has 23 heteroatoms. The van der Waals surface area contributed by atoms with Gasteiger partial charge in [0, 0.05) is 58.4 Å². The van der Waals surface area contributed by atoms with E-state index in [-0.39, 0.29) is 100 Å². The summed E-state index contributed by atoms with van der Waals surface area (Å²) in [7, 11) is -9.52. The highest BCUT2D eigenvalue weighted by molar-refractivity contribution is 7.47. The van der Waals surface area contributed by atoms with E-state index in [1.54, 1.807) is 6.92 Å². The molecule has 0 spiro atoms. The third kappa shape index (κ3) is 65.1. The van der Waals surface area contributed by atoms with Gasteiger partial charge in [-0.3, -0.25) is 42.1 Å². The monoisotopic (exact) mass is 1440 g/mol. The molecule has 0 saturated carbocycles. The van der Waals surface area contributed by atoms with Crippen LogP contribution >= 0.6 is 15.6 Å². The van der Waals surface area contributed by atoms with Crippen molar-refractivity contribution in [1.82, 2.24) is 21.3 Å². The second-order valence-corrected chi connectivity index (χ2v) is 30.5. The number of hydrogen-bond donors (Lipinski definition) is 6. The molecule has 4 unspecified atom stereocenters. The predicted octanol–water partition coefficient (Wildman–Crippen LogP) is 17.9. The summed E-state index contributed by atoms with van der Waals surface area (Å²) >= 11 is 0. The summed E-state index contributed by atoms with van der Waals surface area (Å²) in [4.78, 5) is 111. The van der Waals surface area contributed by atoms with E-state index in [4.69, 9.17) is 27.6 Å². The lowest BCUT2D eigenvalue weighted by Crippen LogP contribution is -2.42. The summed E-state index contributed by atoms with van der Waals surface area (Å²) in [5, 5.41) is 10.4. The molecule has 6 N–H and O–H groups in total. The van der Waals surface area contributed by atoms with Crippen LogP contribution in [0.5, 0.6) is 0 Å². The van der Waals surface area contributed by atoms with Crippen molar-refractivity contribution in [2.45, 2.75) is 362 Å². The fraction of sp³-hybridized carbons (Fsp3) is 0.907. The first kappa shape index (κ1) is 95.0. The molecule has 0 radical (unpaired) electrons. The Morgan fingerprint density at radius 1 is 0.347 bits per heavy atom. The average molecular weight is 1440 g/mol. The van der Waals surface area contributed by atoms with Gasteiger partial charge in [0.2, 0.25) is 11.8 Å². The maximum atomic E-state index is 13.2. The van der Waals surface area contributed by atoms with Crippen molar-refractivity contribution in [3.8, 4) is 0 Å². The number of carbonyl (C=O) groups is 7. The van der Waals surface area contributed by atoms with Crippen LogP contribution in [0.3, 0.4) is 0 Å². The number of urea groups is 1. The molecule has 0 aliphatic heterocycles. The molecule has 0 saturated heterocycles. The molecule has 0 aliphatic carbocycles. The zero-order valence-corrected chi connectivity index (χ0v) is 64.5. The number of Topliss-reactive ketones (excluding diaryl/α,β-unsaturated/α-hetero) is 4. The van der Waals surface area contributed by atoms with Gasteiger partial charge >= 0.3 is 21.7 Å². The molecule has 0 aliphatic rings. The number of ketones is 4. The molecule has 0 aromatic heterocycles. The average Bonchev–Trinajstić information content (AvgIpc) is 1.09. The van der Waals surface area contributed by atoms with Gasteiger partial charge in [-0.1, -0.05) is 253 Å². The highest BCUT2D eigenvalue weighted by atomic mass is 31.2. The van der Waals surface area contributed by atoms with E-state index in [9.17, 15) is 52.5 Å². The Balaban J connectivity index is 5.51. The molecule has 4 amide bonds. The van der Waals surface area contributed by atoms with Crippen LogP contribution in [0.1, 0.15) is 350 Å². The quantitative estimate of drug-likeness (QED) is 0.0187. The molecule has 6 atom stereocenters. The summed E-state index contributed by atoms with van der Waals surface area (Å²) in [6.45, 7) is 10.4. The Bertz CT molecular complexity index is 2090. The van der Waals surface area contributed by atoms with Crippen molar-refractivity contribution in [3.63, 3.8) is 0 Å². The molecule has 0 aromatic carbocycles. The fourth-order valence-electron chi connectivity index (χ4n) is 12.0. The van der Waals surface area contributed by atoms with Crippen molar-refractivity contribution >= 4 is 56.6 Å². The lowest BCUT2D eigenvalue weighted by atomic mass is 9.91. The van der Waals surface area contributed by atoms with Gasteiger partial charge in [-0.2, -0.15) is 0 Å². The van der Waals surface area contributed by atoms with E-state index >= 15 is 0 Å². The third-order valence-electron chi connectivity index (χ3n) is 17.8. The van der Waals surface area contributed by atoms with Crippen LogP contribution < -0.4 is 21.3 Å². The van der Waals surface area contributed by atoms with Gasteiger partial charge in [0.25, 0.3) is 0 Å². The van der Waals surface area contributed by atoms with Crippen LogP contribution in [0.4, 0.5) is 4.79 Å². The van der Waals surface area contributed by atoms with Crippen molar-refractivity contribution in [2.75, 3.05) is 65.9 Å². The number of hydrogen-bond acceptors (Lipinski definition) is 15. The molecule has 0 heterocycles. The summed E-state index contributed by atoms with van der Waals surface area (Å²) in [6, 6.07) is -2.62. The highest BCUT2D eigenvalue weighted by Crippen LogP contribution is 2.44. The number of rotatable bonds is 76. The van der Waals surface area contributed by atoms with Gasteiger partial charge in [0.15, 0.2) is 0 Å². The summed E-state index contributed by atoms with van der Waals surface area (Å²) in [6.07, 6.45) is 45.8. The Morgan fingerprint density at radius 3 is 0.969 bits per heavy atom. The first-order valence-electron chi connectivity index (χ1n) is 39.3. The second-order valence-electron chi connectivity index (χ2n) is 27.6. The minimum absolute atomic E-state index is 0.0956. The molecule has 0 rings (SSSR count). The van der Waals surface area contributed by atoms with Crippen LogP contribution in [0.25, 0.3) is 0 Å². The summed E-state index contributed by atoms with van der Waals surface area (Å²) in [5.41, 5.74) is 0. The fourth-order valence-corrected chi connectivity index (χ4v) is 13.5. The standard InChI is InChI=1S/C75H144N4O17P2/c1-7-12-17-22-25-28-31-36-41-46-70(81)58-67(45-40-35-21-16-11-5)50-54-92-62-69(79-74(85)60-72(83)48-43-38-33-30-27-24-19-14-9-3)64-96-98(89,90)94-56-52-77-75(86)76-51-55-93-97(87,88)95-63-68(61-91-53-49-66(57-65(6)80)44-39-34-20-15-10-4)78-73(84)59-71(82)47-42-37-32-29-26-23-18-13-8-2/h66-69H,7-64H2,1-6H3,(H,78,84)(H,79,85)(H,87,88)(H,89,90)(H2,76,77,86)/t66-,67-,68?,69?/m1/s1. The number of nitrogens with one attached hydrogen (secondary N) is 4. The lowest BCUT2D eigenvalue weighted by Gasteiger charge is -2.22. The highest BCUT2D eigenvalue weighted by Gasteiger charge is 2.28. The minimum atomic E-state index is -4.77. The van der Waals surface area contributed by atoms with E-state index in [1.807, 2.05) is 0 Å². The number of amides is 4. The Labute approximate surface area is 594 Å². The lowest BCUT2D eigenvalue weighted by molar-refractivity contribution is -0.130. The van der Waals surface area contributed by atoms with Gasteiger partial charge in [0.1, 0.15) is 23.1 Å². The van der Waals surface area contributed by atoms with E-state index in [1.165, 1.54) is 116 Å². The SMILES string of the molecule is CCCCCCCCCCCC(=O)CC(=O)NC(COCC[C@@H](CCCCCCC)CC(C)=O)COP(=O)(O)OCCNC(=O)NCCOP(=O)(O)OCC(COCC[C@@H](CCCCCCC)CC(=O)CCCCCCCCCCC)NC(=O)CC(=O)CCCCCCCCCCC. The number of unbranched alkanes of at least 4 members (excludes halogenated alkanes) is 32. The molecule has 576 valence electrons. The maximum Gasteiger partial charge on any atom is 0.472 e. The van der Waals surface area contributed by atoms with Gasteiger partial charge in [-0.25, -0.2) is 13.9 Å². The van der Waals surface area contributed by atoms with Crippen LogP contribution in [-0.4, -0.2) is 129 Å². The van der Waals surface area contributed by atoms with E-state index < -0.39 is 72.0 Å². The molecular weight excluding hydrogens is 1290 g/mol. The van der Waals surface area contributed by atoms with Gasteiger partial charge in [0.05, 0.1) is 64.6 Å². The Morgan fingerprint density at radius 2 is 0.643 bits per heavy atom. The normalized spacial score (nSPS) is 14.0. The van der Waals surface area contributed by atoms with Crippen LogP contribution in [0, 0.1) is 11.8 Å². The zero-order chi connectivity index (χ0) is 72.4. The number of carbonyl (C=O) groups excluding carboxylic acids is 7. The Kier molecular flexibility index (Phi) is 65.2. The summed E-state index contributed by atoms with van der Waals surface area (Å²) < 4.78 is 59.0. The molecule has 98 heavy (non-hydrogen) atoms. The van der Waals surface area contributed by atoms with Crippen molar-refractivity contribution in [3.05, 3.63) is 0 Å². The van der Waals surface area contributed by atoms with Crippen molar-refractivity contribution < 1.29 is 80.0 Å².